The van der Waals surface area contributed by atoms with E-state index >= 15 is 0 Å². The second-order valence-corrected chi connectivity index (χ2v) is 11.8. The highest BCUT2D eigenvalue weighted by molar-refractivity contribution is 7.92. The van der Waals surface area contributed by atoms with Crippen molar-refractivity contribution in [1.29, 1.82) is 0 Å². The number of anilines is 1. The van der Waals surface area contributed by atoms with E-state index in [1.54, 1.807) is 42.5 Å². The van der Waals surface area contributed by atoms with Gasteiger partial charge >= 0.3 is 0 Å². The van der Waals surface area contributed by atoms with Crippen LogP contribution in [-0.2, 0) is 26.2 Å². The van der Waals surface area contributed by atoms with Crippen LogP contribution in [0.5, 0.6) is 5.75 Å². The zero-order valence-electron chi connectivity index (χ0n) is 24.5. The zero-order valence-corrected chi connectivity index (χ0v) is 25.4. The van der Waals surface area contributed by atoms with Crippen molar-refractivity contribution in [2.75, 3.05) is 17.5 Å². The maximum Gasteiger partial charge on any atom is 0.264 e. The lowest BCUT2D eigenvalue weighted by Crippen LogP contribution is -2.53. The zero-order chi connectivity index (χ0) is 30.0. The molecule has 3 rings (SSSR count). The average Bonchev–Trinajstić information content (AvgIpc) is 2.96. The molecule has 0 saturated heterocycles. The molecule has 0 bridgehead atoms. The second kappa shape index (κ2) is 14.7. The summed E-state index contributed by atoms with van der Waals surface area (Å²) in [6.07, 6.45) is 1.10. The molecule has 8 nitrogen and oxygen atoms in total. The Morgan fingerprint density at radius 3 is 2.22 bits per heavy atom. The molecule has 41 heavy (non-hydrogen) atoms. The highest BCUT2D eigenvalue weighted by atomic mass is 32.2. The summed E-state index contributed by atoms with van der Waals surface area (Å²) in [4.78, 5) is 29.2. The van der Waals surface area contributed by atoms with Gasteiger partial charge in [0.1, 0.15) is 18.3 Å². The summed E-state index contributed by atoms with van der Waals surface area (Å²) in [5.41, 5.74) is 2.12. The van der Waals surface area contributed by atoms with Crippen molar-refractivity contribution >= 4 is 27.5 Å². The fraction of sp³-hybridized carbons (Fsp3) is 0.375. The van der Waals surface area contributed by atoms with E-state index in [4.69, 9.17) is 4.74 Å². The Bertz CT molecular complexity index is 1410. The Kier molecular flexibility index (Phi) is 11.3. The molecule has 0 spiro atoms. The van der Waals surface area contributed by atoms with Crippen molar-refractivity contribution in [3.05, 3.63) is 90.0 Å². The largest absolute Gasteiger partial charge is 0.492 e. The number of para-hydroxylation sites is 2. The number of amides is 2. The lowest BCUT2D eigenvalue weighted by molar-refractivity contribution is -0.140. The molecule has 2 amide bonds. The molecule has 2 atom stereocenters. The first-order valence-corrected chi connectivity index (χ1v) is 15.5. The Balaban J connectivity index is 2.10. The predicted octanol–water partition coefficient (Wildman–Crippen LogP) is 5.31. The Morgan fingerprint density at radius 2 is 1.59 bits per heavy atom. The standard InChI is InChI=1S/C32H41N3O5S/c1-6-25(5)33-32(37)28(7-2)34(22-26-16-14-15-24(4)21-26)31(36)23-35(29-19-12-13-20-30(29)40-8-3)41(38,39)27-17-10-9-11-18-27/h9-21,25,28H,6-8,22-23H2,1-5H3,(H,33,37). The third-order valence-corrected chi connectivity index (χ3v) is 8.64. The van der Waals surface area contributed by atoms with Crippen molar-refractivity contribution < 1.29 is 22.7 Å². The van der Waals surface area contributed by atoms with E-state index in [1.807, 2.05) is 58.9 Å². The summed E-state index contributed by atoms with van der Waals surface area (Å²) in [6.45, 7) is 9.46. The van der Waals surface area contributed by atoms with Crippen LogP contribution in [0.1, 0.15) is 51.7 Å². The molecule has 0 heterocycles. The number of carbonyl (C=O) groups is 2. The minimum absolute atomic E-state index is 0.0471. The number of nitrogens with one attached hydrogen (secondary N) is 1. The Labute approximate surface area is 244 Å². The molecular weight excluding hydrogens is 538 g/mol. The van der Waals surface area contributed by atoms with Crippen LogP contribution in [-0.4, -0.2) is 50.4 Å². The normalized spacial score (nSPS) is 12.7. The van der Waals surface area contributed by atoms with Crippen LogP contribution >= 0.6 is 0 Å². The van der Waals surface area contributed by atoms with Gasteiger partial charge in [0.05, 0.1) is 17.2 Å². The first-order chi connectivity index (χ1) is 19.6. The molecule has 220 valence electrons. The Morgan fingerprint density at radius 1 is 0.902 bits per heavy atom. The van der Waals surface area contributed by atoms with Gasteiger partial charge in [0, 0.05) is 12.6 Å². The number of aryl methyl sites for hydroxylation is 1. The van der Waals surface area contributed by atoms with Crippen molar-refractivity contribution in [2.45, 2.75) is 71.0 Å². The second-order valence-electron chi connectivity index (χ2n) is 9.98. The maximum atomic E-state index is 14.2. The fourth-order valence-corrected chi connectivity index (χ4v) is 5.99. The number of carbonyl (C=O) groups excluding carboxylic acids is 2. The number of nitrogens with zero attached hydrogens (tertiary/aromatic N) is 2. The van der Waals surface area contributed by atoms with Gasteiger partial charge in [0.2, 0.25) is 11.8 Å². The van der Waals surface area contributed by atoms with Gasteiger partial charge in [-0.15, -0.1) is 0 Å². The molecule has 2 unspecified atom stereocenters. The highest BCUT2D eigenvalue weighted by Gasteiger charge is 2.35. The predicted molar refractivity (Wildman–Crippen MR) is 162 cm³/mol. The number of hydrogen-bond donors (Lipinski definition) is 1. The van der Waals surface area contributed by atoms with Gasteiger partial charge in [-0.2, -0.15) is 0 Å². The third-order valence-electron chi connectivity index (χ3n) is 6.87. The Hall–Kier alpha value is -3.85. The number of benzene rings is 3. The molecule has 0 fully saturated rings. The lowest BCUT2D eigenvalue weighted by atomic mass is 10.1. The van der Waals surface area contributed by atoms with Crippen LogP contribution < -0.4 is 14.4 Å². The van der Waals surface area contributed by atoms with Crippen LogP contribution in [0.3, 0.4) is 0 Å². The van der Waals surface area contributed by atoms with Gasteiger partial charge in [-0.25, -0.2) is 8.42 Å². The van der Waals surface area contributed by atoms with Crippen LogP contribution in [0.4, 0.5) is 5.69 Å². The number of sulfonamides is 1. The molecule has 0 radical (unpaired) electrons. The molecule has 9 heteroatoms. The van der Waals surface area contributed by atoms with Gasteiger partial charge in [-0.05, 0) is 63.4 Å². The van der Waals surface area contributed by atoms with Gasteiger partial charge in [0.25, 0.3) is 10.0 Å². The van der Waals surface area contributed by atoms with E-state index < -0.39 is 28.5 Å². The first kappa shape index (κ1) is 31.7. The number of rotatable bonds is 14. The SMILES string of the molecule is CCOc1ccccc1N(CC(=O)N(Cc1cccc(C)c1)C(CC)C(=O)NC(C)CC)S(=O)(=O)c1ccccc1. The lowest BCUT2D eigenvalue weighted by Gasteiger charge is -2.34. The molecule has 0 saturated carbocycles. The number of ether oxygens (including phenoxy) is 1. The van der Waals surface area contributed by atoms with E-state index in [1.165, 1.54) is 17.0 Å². The summed E-state index contributed by atoms with van der Waals surface area (Å²) in [6, 6.07) is 21.6. The first-order valence-electron chi connectivity index (χ1n) is 14.1. The van der Waals surface area contributed by atoms with Crippen LogP contribution in [0.15, 0.2) is 83.8 Å². The van der Waals surface area contributed by atoms with Crippen molar-refractivity contribution in [3.8, 4) is 5.75 Å². The van der Waals surface area contributed by atoms with Gasteiger partial charge < -0.3 is 15.0 Å². The van der Waals surface area contributed by atoms with Crippen molar-refractivity contribution in [3.63, 3.8) is 0 Å². The maximum absolute atomic E-state index is 14.2. The summed E-state index contributed by atoms with van der Waals surface area (Å²) in [7, 11) is -4.17. The third kappa shape index (κ3) is 8.10. The molecule has 0 aliphatic rings. The van der Waals surface area contributed by atoms with E-state index in [0.717, 1.165) is 21.9 Å². The average molecular weight is 580 g/mol. The van der Waals surface area contributed by atoms with E-state index in [0.29, 0.717) is 18.8 Å². The van der Waals surface area contributed by atoms with Crippen LogP contribution in [0.2, 0.25) is 0 Å². The van der Waals surface area contributed by atoms with E-state index in [2.05, 4.69) is 5.32 Å². The van der Waals surface area contributed by atoms with Crippen molar-refractivity contribution in [2.24, 2.45) is 0 Å². The van der Waals surface area contributed by atoms with Gasteiger partial charge in [0.15, 0.2) is 0 Å². The molecule has 0 aliphatic heterocycles. The molecule has 3 aromatic carbocycles. The van der Waals surface area contributed by atoms with Crippen LogP contribution in [0, 0.1) is 6.92 Å². The summed E-state index contributed by atoms with van der Waals surface area (Å²) < 4.78 is 34.9. The molecule has 1 N–H and O–H groups in total. The van der Waals surface area contributed by atoms with E-state index in [-0.39, 0.29) is 29.1 Å². The van der Waals surface area contributed by atoms with Gasteiger partial charge in [-0.1, -0.05) is 74.0 Å². The highest BCUT2D eigenvalue weighted by Crippen LogP contribution is 2.33. The minimum atomic E-state index is -4.17. The van der Waals surface area contributed by atoms with Crippen LogP contribution in [0.25, 0.3) is 0 Å². The van der Waals surface area contributed by atoms with Crippen molar-refractivity contribution in [1.82, 2.24) is 10.2 Å². The fourth-order valence-electron chi connectivity index (χ4n) is 4.54. The summed E-state index contributed by atoms with van der Waals surface area (Å²) in [5, 5.41) is 3.00. The molecule has 0 aromatic heterocycles. The monoisotopic (exact) mass is 579 g/mol. The minimum Gasteiger partial charge on any atom is -0.492 e. The number of hydrogen-bond acceptors (Lipinski definition) is 5. The quantitative estimate of drug-likeness (QED) is 0.279. The summed E-state index contributed by atoms with van der Waals surface area (Å²) >= 11 is 0. The molecular formula is C32H41N3O5S. The topological polar surface area (TPSA) is 96.0 Å². The van der Waals surface area contributed by atoms with E-state index in [9.17, 15) is 18.0 Å². The smallest absolute Gasteiger partial charge is 0.264 e. The molecule has 3 aromatic rings. The molecule has 0 aliphatic carbocycles. The summed E-state index contributed by atoms with van der Waals surface area (Å²) in [5.74, 6) is -0.424. The van der Waals surface area contributed by atoms with Gasteiger partial charge in [-0.3, -0.25) is 13.9 Å².